The number of aromatic hydroxyl groups is 1. The highest BCUT2D eigenvalue weighted by atomic mass is 19.1. The largest absolute Gasteiger partial charge is 0.505 e. The predicted octanol–water partition coefficient (Wildman–Crippen LogP) is 2.93. The van der Waals surface area contributed by atoms with Crippen molar-refractivity contribution in [2.45, 2.75) is 6.54 Å². The Balaban J connectivity index is 2.07. The molecule has 0 aliphatic rings. The molecule has 5 heteroatoms. The third-order valence-electron chi connectivity index (χ3n) is 2.79. The lowest BCUT2D eigenvalue weighted by molar-refractivity contribution is 0.0601. The van der Waals surface area contributed by atoms with Gasteiger partial charge in [0.2, 0.25) is 0 Å². The zero-order chi connectivity index (χ0) is 14.5. The minimum atomic E-state index is -0.660. The van der Waals surface area contributed by atoms with Gasteiger partial charge >= 0.3 is 5.97 Å². The highest BCUT2D eigenvalue weighted by molar-refractivity contribution is 5.90. The molecule has 0 aliphatic heterocycles. The Morgan fingerprint density at radius 2 is 2.10 bits per heavy atom. The van der Waals surface area contributed by atoms with Gasteiger partial charge in [-0.05, 0) is 35.9 Å². The van der Waals surface area contributed by atoms with Gasteiger partial charge in [-0.25, -0.2) is 9.18 Å². The van der Waals surface area contributed by atoms with E-state index >= 15 is 0 Å². The van der Waals surface area contributed by atoms with Crippen molar-refractivity contribution < 1.29 is 19.0 Å². The fourth-order valence-corrected chi connectivity index (χ4v) is 1.74. The number of phenolic OH excluding ortho intramolecular Hbond substituents is 1. The van der Waals surface area contributed by atoms with E-state index in [0.717, 1.165) is 5.69 Å². The van der Waals surface area contributed by atoms with Crippen LogP contribution in [0.25, 0.3) is 0 Å². The van der Waals surface area contributed by atoms with Crippen molar-refractivity contribution >= 4 is 11.7 Å². The van der Waals surface area contributed by atoms with Gasteiger partial charge < -0.3 is 15.2 Å². The summed E-state index contributed by atoms with van der Waals surface area (Å²) in [7, 11) is 1.32. The lowest BCUT2D eigenvalue weighted by atomic mass is 10.1. The van der Waals surface area contributed by atoms with E-state index in [1.807, 2.05) is 0 Å². The number of halogens is 1. The number of rotatable bonds is 4. The molecular formula is C15H14FNO3. The molecule has 0 unspecified atom stereocenters. The van der Waals surface area contributed by atoms with Crippen LogP contribution in [0.4, 0.5) is 10.1 Å². The van der Waals surface area contributed by atoms with Crippen molar-refractivity contribution in [3.05, 3.63) is 59.4 Å². The predicted molar refractivity (Wildman–Crippen MR) is 73.2 cm³/mol. The van der Waals surface area contributed by atoms with Crippen LogP contribution in [0, 0.1) is 5.82 Å². The molecule has 2 aromatic carbocycles. The molecular weight excluding hydrogens is 261 g/mol. The van der Waals surface area contributed by atoms with Crippen LogP contribution in [0.15, 0.2) is 42.5 Å². The van der Waals surface area contributed by atoms with E-state index in [1.165, 1.54) is 19.2 Å². The molecule has 0 saturated carbocycles. The first-order valence-corrected chi connectivity index (χ1v) is 6.00. The zero-order valence-electron chi connectivity index (χ0n) is 10.9. The lowest BCUT2D eigenvalue weighted by Crippen LogP contribution is -2.04. The highest BCUT2D eigenvalue weighted by Crippen LogP contribution is 2.18. The normalized spacial score (nSPS) is 10.1. The Morgan fingerprint density at radius 3 is 2.80 bits per heavy atom. The van der Waals surface area contributed by atoms with Crippen LogP contribution in [0.5, 0.6) is 5.75 Å². The number of hydrogen-bond donors (Lipinski definition) is 2. The summed E-state index contributed by atoms with van der Waals surface area (Å²) in [4.78, 5) is 11.4. The van der Waals surface area contributed by atoms with E-state index in [0.29, 0.717) is 17.7 Å². The maximum Gasteiger partial charge on any atom is 0.337 e. The van der Waals surface area contributed by atoms with E-state index in [4.69, 9.17) is 5.11 Å². The first-order valence-electron chi connectivity index (χ1n) is 6.00. The van der Waals surface area contributed by atoms with Crippen LogP contribution in [0.2, 0.25) is 0 Å². The number of esters is 1. The van der Waals surface area contributed by atoms with Gasteiger partial charge in [0.25, 0.3) is 0 Å². The Bertz CT molecular complexity index is 628. The molecule has 0 aromatic heterocycles. The Hall–Kier alpha value is -2.56. The summed E-state index contributed by atoms with van der Waals surface area (Å²) < 4.78 is 17.8. The van der Waals surface area contributed by atoms with Crippen molar-refractivity contribution in [3.63, 3.8) is 0 Å². The Kier molecular flexibility index (Phi) is 4.20. The minimum absolute atomic E-state index is 0.374. The summed E-state index contributed by atoms with van der Waals surface area (Å²) in [6.45, 7) is 0.377. The molecule has 0 amide bonds. The van der Waals surface area contributed by atoms with Crippen LogP contribution in [-0.4, -0.2) is 18.2 Å². The van der Waals surface area contributed by atoms with Gasteiger partial charge in [0.1, 0.15) is 0 Å². The zero-order valence-corrected chi connectivity index (χ0v) is 10.9. The van der Waals surface area contributed by atoms with E-state index in [-0.39, 0.29) is 5.75 Å². The van der Waals surface area contributed by atoms with E-state index in [9.17, 15) is 9.18 Å². The van der Waals surface area contributed by atoms with Crippen molar-refractivity contribution in [2.75, 3.05) is 12.4 Å². The molecule has 0 aliphatic carbocycles. The fraction of sp³-hybridized carbons (Fsp3) is 0.133. The molecule has 0 atom stereocenters. The molecule has 2 rings (SSSR count). The average molecular weight is 275 g/mol. The molecule has 0 heterocycles. The van der Waals surface area contributed by atoms with Gasteiger partial charge in [-0.1, -0.05) is 12.1 Å². The Labute approximate surface area is 115 Å². The maximum absolute atomic E-state index is 13.2. The molecule has 4 nitrogen and oxygen atoms in total. The first-order chi connectivity index (χ1) is 9.60. The number of hydrogen-bond acceptors (Lipinski definition) is 4. The van der Waals surface area contributed by atoms with E-state index in [1.54, 1.807) is 30.3 Å². The molecule has 2 aromatic rings. The number of ether oxygens (including phenoxy) is 1. The van der Waals surface area contributed by atoms with Gasteiger partial charge in [-0.3, -0.25) is 0 Å². The summed E-state index contributed by atoms with van der Waals surface area (Å²) in [6, 6.07) is 11.0. The second kappa shape index (κ2) is 6.06. The molecule has 0 fully saturated rings. The topological polar surface area (TPSA) is 58.6 Å². The van der Waals surface area contributed by atoms with Crippen LogP contribution in [-0.2, 0) is 11.3 Å². The van der Waals surface area contributed by atoms with Crippen molar-refractivity contribution in [1.29, 1.82) is 0 Å². The molecule has 0 spiro atoms. The monoisotopic (exact) mass is 275 g/mol. The van der Waals surface area contributed by atoms with Crippen LogP contribution in [0.1, 0.15) is 15.9 Å². The summed E-state index contributed by atoms with van der Waals surface area (Å²) in [5.74, 6) is -1.45. The van der Waals surface area contributed by atoms with Crippen molar-refractivity contribution in [1.82, 2.24) is 0 Å². The van der Waals surface area contributed by atoms with E-state index in [2.05, 4.69) is 10.1 Å². The summed E-state index contributed by atoms with van der Waals surface area (Å²) in [5.41, 5.74) is 1.85. The summed E-state index contributed by atoms with van der Waals surface area (Å²) >= 11 is 0. The summed E-state index contributed by atoms with van der Waals surface area (Å²) in [5, 5.41) is 12.2. The average Bonchev–Trinajstić information content (AvgIpc) is 2.48. The maximum atomic E-state index is 13.2. The number of anilines is 1. The number of phenols is 1. The number of nitrogens with one attached hydrogen (secondary N) is 1. The molecule has 0 bridgehead atoms. The molecule has 20 heavy (non-hydrogen) atoms. The number of methoxy groups -OCH3 is 1. The van der Waals surface area contributed by atoms with Crippen molar-refractivity contribution in [3.8, 4) is 5.75 Å². The summed E-state index contributed by atoms with van der Waals surface area (Å²) in [6.07, 6.45) is 0. The SMILES string of the molecule is COC(=O)c1cccc(NCc2ccc(O)c(F)c2)c1. The molecule has 0 radical (unpaired) electrons. The quantitative estimate of drug-likeness (QED) is 0.842. The van der Waals surface area contributed by atoms with Gasteiger partial charge in [0.15, 0.2) is 11.6 Å². The molecule has 104 valence electrons. The van der Waals surface area contributed by atoms with E-state index < -0.39 is 11.8 Å². The highest BCUT2D eigenvalue weighted by Gasteiger charge is 2.06. The van der Waals surface area contributed by atoms with Crippen molar-refractivity contribution in [2.24, 2.45) is 0 Å². The van der Waals surface area contributed by atoms with Gasteiger partial charge in [0, 0.05) is 12.2 Å². The first kappa shape index (κ1) is 13.9. The fourth-order valence-electron chi connectivity index (χ4n) is 1.74. The van der Waals surface area contributed by atoms with Gasteiger partial charge in [-0.15, -0.1) is 0 Å². The van der Waals surface area contributed by atoms with Crippen LogP contribution < -0.4 is 5.32 Å². The Morgan fingerprint density at radius 1 is 1.30 bits per heavy atom. The van der Waals surface area contributed by atoms with Gasteiger partial charge in [-0.2, -0.15) is 0 Å². The second-order valence-corrected chi connectivity index (χ2v) is 4.21. The third-order valence-corrected chi connectivity index (χ3v) is 2.79. The lowest BCUT2D eigenvalue weighted by Gasteiger charge is -2.08. The molecule has 0 saturated heterocycles. The molecule has 2 N–H and O–H groups in total. The van der Waals surface area contributed by atoms with Crippen LogP contribution in [0.3, 0.4) is 0 Å². The second-order valence-electron chi connectivity index (χ2n) is 4.21. The standard InChI is InChI=1S/C15H14FNO3/c1-20-15(19)11-3-2-4-12(8-11)17-9-10-5-6-14(18)13(16)7-10/h2-8,17-18H,9H2,1H3. The minimum Gasteiger partial charge on any atom is -0.505 e. The van der Waals surface area contributed by atoms with Crippen LogP contribution >= 0.6 is 0 Å². The number of carbonyl (C=O) groups excluding carboxylic acids is 1. The third kappa shape index (κ3) is 3.26. The smallest absolute Gasteiger partial charge is 0.337 e. The number of carbonyl (C=O) groups is 1. The number of benzene rings is 2. The van der Waals surface area contributed by atoms with Gasteiger partial charge in [0.05, 0.1) is 12.7 Å².